The molecule has 0 radical (unpaired) electrons. The lowest BCUT2D eigenvalue weighted by Gasteiger charge is -2.17. The van der Waals surface area contributed by atoms with Gasteiger partial charge in [-0.25, -0.2) is 0 Å². The monoisotopic (exact) mass is 302 g/mol. The first-order valence-electron chi connectivity index (χ1n) is 6.27. The molecule has 18 heavy (non-hydrogen) atoms. The summed E-state index contributed by atoms with van der Waals surface area (Å²) < 4.78 is 0. The lowest BCUT2D eigenvalue weighted by atomic mass is 9.95. The van der Waals surface area contributed by atoms with E-state index in [0.29, 0.717) is 0 Å². The molecule has 0 spiro atoms. The fourth-order valence-corrected chi connectivity index (χ4v) is 3.22. The third kappa shape index (κ3) is 2.67. The summed E-state index contributed by atoms with van der Waals surface area (Å²) in [5.41, 5.74) is 8.02. The summed E-state index contributed by atoms with van der Waals surface area (Å²) in [6, 6.07) is 13.3. The number of halogens is 1. The van der Waals surface area contributed by atoms with Gasteiger partial charge in [-0.2, -0.15) is 0 Å². The van der Waals surface area contributed by atoms with Crippen molar-refractivity contribution >= 4 is 15.9 Å². The molecule has 0 fully saturated rings. The van der Waals surface area contributed by atoms with Crippen LogP contribution in [0.5, 0.6) is 0 Å². The van der Waals surface area contributed by atoms with Gasteiger partial charge in [0.1, 0.15) is 0 Å². The summed E-state index contributed by atoms with van der Waals surface area (Å²) in [5.74, 6) is 0. The van der Waals surface area contributed by atoms with E-state index in [-0.39, 0.29) is 4.83 Å². The van der Waals surface area contributed by atoms with Crippen LogP contribution in [0.1, 0.15) is 38.2 Å². The Morgan fingerprint density at radius 2 is 1.11 bits per heavy atom. The summed E-state index contributed by atoms with van der Waals surface area (Å²) in [4.78, 5) is 0.275. The Hall–Kier alpha value is -1.08. The van der Waals surface area contributed by atoms with Crippen molar-refractivity contribution in [3.63, 3.8) is 0 Å². The van der Waals surface area contributed by atoms with E-state index in [2.05, 4.69) is 80.0 Å². The maximum absolute atomic E-state index is 3.86. The zero-order chi connectivity index (χ0) is 13.3. The van der Waals surface area contributed by atoms with E-state index in [1.807, 2.05) is 0 Å². The fraction of sp³-hybridized carbons (Fsp3) is 0.294. The van der Waals surface area contributed by atoms with Gasteiger partial charge in [0.15, 0.2) is 0 Å². The molecule has 2 aromatic carbocycles. The molecule has 0 heterocycles. The molecule has 0 bridgehead atoms. The first-order chi connectivity index (χ1) is 8.49. The summed E-state index contributed by atoms with van der Waals surface area (Å²) >= 11 is 3.86. The molecule has 0 unspecified atom stereocenters. The van der Waals surface area contributed by atoms with Gasteiger partial charge in [0.25, 0.3) is 0 Å². The van der Waals surface area contributed by atoms with E-state index in [1.54, 1.807) is 0 Å². The van der Waals surface area contributed by atoms with Crippen molar-refractivity contribution in [3.8, 4) is 0 Å². The largest absolute Gasteiger partial charge is 0.0786 e. The van der Waals surface area contributed by atoms with Crippen LogP contribution < -0.4 is 0 Å². The minimum atomic E-state index is 0.275. The van der Waals surface area contributed by atoms with Crippen LogP contribution in [-0.2, 0) is 0 Å². The highest BCUT2D eigenvalue weighted by atomic mass is 79.9. The van der Waals surface area contributed by atoms with Gasteiger partial charge < -0.3 is 0 Å². The molecule has 0 atom stereocenters. The Labute approximate surface area is 118 Å². The lowest BCUT2D eigenvalue weighted by Crippen LogP contribution is -1.99. The van der Waals surface area contributed by atoms with Gasteiger partial charge in [0, 0.05) is 0 Å². The van der Waals surface area contributed by atoms with Crippen molar-refractivity contribution in [2.75, 3.05) is 0 Å². The summed E-state index contributed by atoms with van der Waals surface area (Å²) in [5, 5.41) is 0. The van der Waals surface area contributed by atoms with Gasteiger partial charge in [0.2, 0.25) is 0 Å². The third-order valence-electron chi connectivity index (χ3n) is 3.42. The predicted octanol–water partition coefficient (Wildman–Crippen LogP) is 5.40. The molecule has 2 rings (SSSR count). The summed E-state index contributed by atoms with van der Waals surface area (Å²) in [7, 11) is 0. The number of benzene rings is 2. The van der Waals surface area contributed by atoms with Crippen molar-refractivity contribution in [1.29, 1.82) is 0 Å². The Morgan fingerprint density at radius 1 is 0.722 bits per heavy atom. The SMILES string of the molecule is Cc1ccc(C)c(C(Br)c2cc(C)ccc2C)c1. The molecule has 0 aliphatic carbocycles. The van der Waals surface area contributed by atoms with Crippen LogP contribution in [0.15, 0.2) is 36.4 Å². The maximum atomic E-state index is 3.86. The van der Waals surface area contributed by atoms with Crippen molar-refractivity contribution < 1.29 is 0 Å². The van der Waals surface area contributed by atoms with Crippen molar-refractivity contribution in [3.05, 3.63) is 69.8 Å². The average molecular weight is 303 g/mol. The number of hydrogen-bond donors (Lipinski definition) is 0. The zero-order valence-electron chi connectivity index (χ0n) is 11.4. The van der Waals surface area contributed by atoms with Crippen LogP contribution in [0.3, 0.4) is 0 Å². The molecule has 0 aliphatic heterocycles. The van der Waals surface area contributed by atoms with Gasteiger partial charge in [-0.3, -0.25) is 0 Å². The molecule has 0 saturated heterocycles. The Morgan fingerprint density at radius 3 is 1.50 bits per heavy atom. The smallest absolute Gasteiger partial charge is 0.0649 e. The van der Waals surface area contributed by atoms with E-state index < -0.39 is 0 Å². The van der Waals surface area contributed by atoms with Crippen LogP contribution in [0, 0.1) is 27.7 Å². The van der Waals surface area contributed by atoms with E-state index in [9.17, 15) is 0 Å². The third-order valence-corrected chi connectivity index (χ3v) is 4.40. The topological polar surface area (TPSA) is 0 Å². The molecule has 0 saturated carbocycles. The molecule has 0 aliphatic rings. The standard InChI is InChI=1S/C17H19Br/c1-11-5-7-13(3)15(9-11)17(18)16-10-12(2)6-8-14(16)4/h5-10,17H,1-4H3. The average Bonchev–Trinajstić information content (AvgIpc) is 2.34. The van der Waals surface area contributed by atoms with Crippen LogP contribution >= 0.6 is 15.9 Å². The van der Waals surface area contributed by atoms with Gasteiger partial charge in [0.05, 0.1) is 4.83 Å². The van der Waals surface area contributed by atoms with Crippen LogP contribution in [-0.4, -0.2) is 0 Å². The Balaban J connectivity index is 2.50. The normalized spacial score (nSPS) is 11.0. The highest BCUT2D eigenvalue weighted by Gasteiger charge is 2.15. The minimum absolute atomic E-state index is 0.275. The van der Waals surface area contributed by atoms with Crippen LogP contribution in [0.4, 0.5) is 0 Å². The van der Waals surface area contributed by atoms with E-state index >= 15 is 0 Å². The molecule has 94 valence electrons. The molecule has 0 nitrogen and oxygen atoms in total. The van der Waals surface area contributed by atoms with E-state index in [4.69, 9.17) is 0 Å². The molecule has 1 heteroatoms. The number of rotatable bonds is 2. The number of alkyl halides is 1. The van der Waals surface area contributed by atoms with Gasteiger partial charge in [-0.1, -0.05) is 63.5 Å². The second-order valence-corrected chi connectivity index (χ2v) is 6.00. The quantitative estimate of drug-likeness (QED) is 0.651. The summed E-state index contributed by atoms with van der Waals surface area (Å²) in [6.07, 6.45) is 0. The summed E-state index contributed by atoms with van der Waals surface area (Å²) in [6.45, 7) is 8.64. The molecule has 0 aromatic heterocycles. The zero-order valence-corrected chi connectivity index (χ0v) is 13.0. The van der Waals surface area contributed by atoms with E-state index in [1.165, 1.54) is 33.4 Å². The predicted molar refractivity (Wildman–Crippen MR) is 82.6 cm³/mol. The number of hydrogen-bond acceptors (Lipinski definition) is 0. The molecular weight excluding hydrogens is 284 g/mol. The van der Waals surface area contributed by atoms with Gasteiger partial charge in [-0.05, 0) is 49.9 Å². The van der Waals surface area contributed by atoms with Crippen molar-refractivity contribution in [2.45, 2.75) is 32.5 Å². The molecular formula is C17H19Br. The molecule has 0 amide bonds. The minimum Gasteiger partial charge on any atom is -0.0786 e. The first-order valence-corrected chi connectivity index (χ1v) is 7.19. The van der Waals surface area contributed by atoms with E-state index in [0.717, 1.165) is 0 Å². The maximum Gasteiger partial charge on any atom is 0.0649 e. The second kappa shape index (κ2) is 5.27. The van der Waals surface area contributed by atoms with Gasteiger partial charge >= 0.3 is 0 Å². The lowest BCUT2D eigenvalue weighted by molar-refractivity contribution is 1.10. The molecule has 0 N–H and O–H groups in total. The fourth-order valence-electron chi connectivity index (χ4n) is 2.23. The second-order valence-electron chi connectivity index (χ2n) is 5.08. The highest BCUT2D eigenvalue weighted by molar-refractivity contribution is 9.09. The molecule has 2 aromatic rings. The van der Waals surface area contributed by atoms with Gasteiger partial charge in [-0.15, -0.1) is 0 Å². The first kappa shape index (κ1) is 13.4. The Bertz CT molecular complexity index is 518. The van der Waals surface area contributed by atoms with Crippen LogP contribution in [0.2, 0.25) is 0 Å². The Kier molecular flexibility index (Phi) is 3.91. The van der Waals surface area contributed by atoms with Crippen molar-refractivity contribution in [1.82, 2.24) is 0 Å². The highest BCUT2D eigenvalue weighted by Crippen LogP contribution is 2.35. The number of aryl methyl sites for hydroxylation is 4. The van der Waals surface area contributed by atoms with Crippen molar-refractivity contribution in [2.24, 2.45) is 0 Å². The van der Waals surface area contributed by atoms with Crippen LogP contribution in [0.25, 0.3) is 0 Å².